The highest BCUT2D eigenvalue weighted by Crippen LogP contribution is 2.25. The van der Waals surface area contributed by atoms with E-state index in [1.54, 1.807) is 17.9 Å². The summed E-state index contributed by atoms with van der Waals surface area (Å²) in [5.41, 5.74) is 0.0652. The van der Waals surface area contributed by atoms with Crippen LogP contribution in [0.25, 0.3) is 0 Å². The fourth-order valence-corrected chi connectivity index (χ4v) is 2.90. The number of carbonyl (C=O) groups excluding carboxylic acids is 3. The van der Waals surface area contributed by atoms with Crippen molar-refractivity contribution < 1.29 is 14.4 Å². The molecule has 25 heavy (non-hydrogen) atoms. The molecule has 0 unspecified atom stereocenters. The minimum Gasteiger partial charge on any atom is -0.350 e. The van der Waals surface area contributed by atoms with Gasteiger partial charge in [0.1, 0.15) is 6.04 Å². The van der Waals surface area contributed by atoms with Gasteiger partial charge in [-0.2, -0.15) is 0 Å². The van der Waals surface area contributed by atoms with Gasteiger partial charge in [-0.3, -0.25) is 14.4 Å². The third kappa shape index (κ3) is 6.18. The topological polar surface area (TPSA) is 78.5 Å². The number of hydrogen-bond donors (Lipinski definition) is 2. The molecule has 6 heteroatoms. The van der Waals surface area contributed by atoms with Crippen molar-refractivity contribution in [3.8, 4) is 0 Å². The molecule has 2 atom stereocenters. The van der Waals surface area contributed by atoms with Crippen molar-refractivity contribution in [2.75, 3.05) is 6.54 Å². The van der Waals surface area contributed by atoms with Crippen LogP contribution in [-0.2, 0) is 14.4 Å². The van der Waals surface area contributed by atoms with Crippen LogP contribution in [0.2, 0.25) is 0 Å². The summed E-state index contributed by atoms with van der Waals surface area (Å²) in [4.78, 5) is 38.7. The Morgan fingerprint density at radius 1 is 1.12 bits per heavy atom. The maximum atomic E-state index is 12.6. The number of nitrogens with one attached hydrogen (secondary N) is 2. The lowest BCUT2D eigenvalue weighted by Crippen LogP contribution is -2.50. The molecule has 142 valence electrons. The van der Waals surface area contributed by atoms with Gasteiger partial charge >= 0.3 is 0 Å². The first-order valence-corrected chi connectivity index (χ1v) is 9.04. The normalized spacial score (nSPS) is 19.8. The quantitative estimate of drug-likeness (QED) is 0.744. The van der Waals surface area contributed by atoms with Crippen LogP contribution >= 0.6 is 0 Å². The van der Waals surface area contributed by atoms with Gasteiger partial charge in [-0.05, 0) is 40.5 Å². The molecule has 1 aliphatic heterocycles. The summed E-state index contributed by atoms with van der Waals surface area (Å²) in [7, 11) is 0. The Morgan fingerprint density at radius 2 is 1.72 bits per heavy atom. The highest BCUT2D eigenvalue weighted by atomic mass is 16.2. The summed E-state index contributed by atoms with van der Waals surface area (Å²) in [6, 6.07) is -0.638. The van der Waals surface area contributed by atoms with E-state index in [1.807, 2.05) is 41.5 Å². The molecule has 1 rings (SSSR count). The van der Waals surface area contributed by atoms with E-state index in [1.165, 1.54) is 0 Å². The summed E-state index contributed by atoms with van der Waals surface area (Å²) in [6.07, 6.45) is 3.25. The van der Waals surface area contributed by atoms with E-state index in [9.17, 15) is 14.4 Å². The van der Waals surface area contributed by atoms with E-state index in [2.05, 4.69) is 10.6 Å². The number of likely N-dealkylation sites (tertiary alicyclic amines) is 1. The molecule has 0 aromatic carbocycles. The van der Waals surface area contributed by atoms with E-state index in [4.69, 9.17) is 0 Å². The lowest BCUT2D eigenvalue weighted by molar-refractivity contribution is -0.144. The molecule has 6 nitrogen and oxygen atoms in total. The molecule has 1 fully saturated rings. The van der Waals surface area contributed by atoms with Crippen LogP contribution in [0.3, 0.4) is 0 Å². The maximum absolute atomic E-state index is 12.6. The number of rotatable bonds is 5. The van der Waals surface area contributed by atoms with Crippen LogP contribution in [-0.4, -0.2) is 47.3 Å². The second kappa shape index (κ2) is 8.50. The molecule has 1 saturated heterocycles. The van der Waals surface area contributed by atoms with Crippen LogP contribution in [0.5, 0.6) is 0 Å². The first-order chi connectivity index (χ1) is 11.4. The van der Waals surface area contributed by atoms with Gasteiger partial charge in [-0.1, -0.05) is 26.8 Å². The molecule has 1 aliphatic rings. The van der Waals surface area contributed by atoms with Gasteiger partial charge in [-0.15, -0.1) is 0 Å². The Hall–Kier alpha value is -1.85. The van der Waals surface area contributed by atoms with Crippen LogP contribution < -0.4 is 10.6 Å². The molecular weight excluding hydrogens is 318 g/mol. The molecule has 3 amide bonds. The van der Waals surface area contributed by atoms with Gasteiger partial charge in [0.05, 0.1) is 0 Å². The summed E-state index contributed by atoms with van der Waals surface area (Å²) < 4.78 is 0. The predicted octanol–water partition coefficient (Wildman–Crippen LogP) is 2.00. The smallest absolute Gasteiger partial charge is 0.246 e. The van der Waals surface area contributed by atoms with Crippen LogP contribution in [0.1, 0.15) is 61.3 Å². The molecule has 0 spiro atoms. The zero-order chi connectivity index (χ0) is 19.4. The molecule has 1 heterocycles. The minimum absolute atomic E-state index is 0.000775. The fraction of sp³-hybridized carbons (Fsp3) is 0.737. The third-order valence-electron chi connectivity index (χ3n) is 4.11. The molecule has 2 N–H and O–H groups in total. The van der Waals surface area contributed by atoms with Gasteiger partial charge in [0.15, 0.2) is 0 Å². The van der Waals surface area contributed by atoms with Crippen LogP contribution in [0, 0.1) is 5.41 Å². The summed E-state index contributed by atoms with van der Waals surface area (Å²) in [5.74, 6) is -0.293. The van der Waals surface area contributed by atoms with Crippen molar-refractivity contribution in [2.24, 2.45) is 5.41 Å². The molecular formula is C19H33N3O3. The van der Waals surface area contributed by atoms with Crippen molar-refractivity contribution in [2.45, 2.75) is 79.4 Å². The van der Waals surface area contributed by atoms with E-state index in [0.717, 1.165) is 6.42 Å². The van der Waals surface area contributed by atoms with Gasteiger partial charge in [0.2, 0.25) is 17.7 Å². The van der Waals surface area contributed by atoms with Crippen LogP contribution in [0.15, 0.2) is 11.6 Å². The highest BCUT2D eigenvalue weighted by Gasteiger charge is 2.38. The van der Waals surface area contributed by atoms with Gasteiger partial charge in [-0.25, -0.2) is 0 Å². The molecule has 0 saturated carbocycles. The Kier molecular flexibility index (Phi) is 7.20. The van der Waals surface area contributed by atoms with Crippen molar-refractivity contribution in [1.29, 1.82) is 0 Å². The minimum atomic E-state index is -0.500. The monoisotopic (exact) mass is 351 g/mol. The number of amides is 3. The Labute approximate surface area is 151 Å². The van der Waals surface area contributed by atoms with E-state index in [0.29, 0.717) is 18.5 Å². The zero-order valence-electron chi connectivity index (χ0n) is 16.6. The molecule has 0 radical (unpaired) electrons. The van der Waals surface area contributed by atoms with Gasteiger partial charge in [0, 0.05) is 29.6 Å². The lowest BCUT2D eigenvalue weighted by atomic mass is 9.94. The summed E-state index contributed by atoms with van der Waals surface area (Å²) >= 11 is 0. The van der Waals surface area contributed by atoms with E-state index < -0.39 is 11.5 Å². The number of hydrogen-bond acceptors (Lipinski definition) is 3. The predicted molar refractivity (Wildman–Crippen MR) is 98.8 cm³/mol. The standard InChI is InChI=1S/C19H33N3O3/c1-12(2)20-16(23)13(3)11-14(4)21-17(24)15-9-8-10-22(15)18(25)19(5,6)7/h11-12,14-15H,8-10H2,1-7H3,(H,20,23)(H,21,24)/b13-11+/t14-,15-/m0/s1. The van der Waals surface area contributed by atoms with Crippen molar-refractivity contribution in [1.82, 2.24) is 15.5 Å². The largest absolute Gasteiger partial charge is 0.350 e. The first kappa shape index (κ1) is 21.2. The van der Waals surface area contributed by atoms with E-state index >= 15 is 0 Å². The second-order valence-corrected chi connectivity index (χ2v) is 8.18. The molecule has 0 aromatic heterocycles. The number of carbonyl (C=O) groups is 3. The first-order valence-electron chi connectivity index (χ1n) is 9.04. The lowest BCUT2D eigenvalue weighted by Gasteiger charge is -2.30. The van der Waals surface area contributed by atoms with Gasteiger partial charge < -0.3 is 15.5 Å². The molecule has 0 aliphatic carbocycles. The Morgan fingerprint density at radius 3 is 2.24 bits per heavy atom. The zero-order valence-corrected chi connectivity index (χ0v) is 16.6. The van der Waals surface area contributed by atoms with Crippen molar-refractivity contribution in [3.05, 3.63) is 11.6 Å². The Balaban J connectivity index is 2.71. The molecule has 0 aromatic rings. The van der Waals surface area contributed by atoms with Crippen molar-refractivity contribution in [3.63, 3.8) is 0 Å². The SMILES string of the molecule is C/C(=C\[C@H](C)NC(=O)[C@@H]1CCCN1C(=O)C(C)(C)C)C(=O)NC(C)C. The average molecular weight is 351 g/mol. The summed E-state index contributed by atoms with van der Waals surface area (Å²) in [5, 5.41) is 5.73. The number of nitrogens with zero attached hydrogens (tertiary/aromatic N) is 1. The fourth-order valence-electron chi connectivity index (χ4n) is 2.90. The summed E-state index contributed by atoms with van der Waals surface area (Å²) in [6.45, 7) is 13.6. The average Bonchev–Trinajstić information content (AvgIpc) is 2.93. The van der Waals surface area contributed by atoms with Gasteiger partial charge in [0.25, 0.3) is 0 Å². The molecule has 0 bridgehead atoms. The van der Waals surface area contributed by atoms with Crippen LogP contribution in [0.4, 0.5) is 0 Å². The van der Waals surface area contributed by atoms with Crippen molar-refractivity contribution >= 4 is 17.7 Å². The second-order valence-electron chi connectivity index (χ2n) is 8.18. The van der Waals surface area contributed by atoms with E-state index in [-0.39, 0.29) is 29.8 Å². The third-order valence-corrected chi connectivity index (χ3v) is 4.11. The Bertz CT molecular complexity index is 547. The highest BCUT2D eigenvalue weighted by molar-refractivity contribution is 5.93. The maximum Gasteiger partial charge on any atom is 0.246 e.